The molecule has 0 fully saturated rings. The van der Waals surface area contributed by atoms with E-state index in [1.807, 2.05) is 0 Å². The largest absolute Gasteiger partial charge is 0.345 e. The molecule has 4 rings (SSSR count). The molecule has 156 valence electrons. The third-order valence-corrected chi connectivity index (χ3v) is 5.65. The van der Waals surface area contributed by atoms with E-state index in [0.29, 0.717) is 23.2 Å². The zero-order valence-electron chi connectivity index (χ0n) is 16.0. The molecule has 0 spiro atoms. The number of nitro benzene ring substituents is 2. The average molecular weight is 436 g/mol. The molecule has 10 nitrogen and oxygen atoms in total. The molecule has 0 aliphatic heterocycles. The van der Waals surface area contributed by atoms with Crippen LogP contribution in [-0.4, -0.2) is 29.8 Å². The van der Waals surface area contributed by atoms with Crippen LogP contribution in [0.25, 0.3) is 22.8 Å². The van der Waals surface area contributed by atoms with Crippen molar-refractivity contribution in [3.63, 3.8) is 0 Å². The maximum Gasteiger partial charge on any atom is 0.269 e. The van der Waals surface area contributed by atoms with Crippen LogP contribution < -0.4 is 0 Å². The predicted molar refractivity (Wildman–Crippen MR) is 116 cm³/mol. The Labute approximate surface area is 180 Å². The highest BCUT2D eigenvalue weighted by atomic mass is 32.2. The highest BCUT2D eigenvalue weighted by Gasteiger charge is 2.16. The second-order valence-electron chi connectivity index (χ2n) is 6.57. The first kappa shape index (κ1) is 20.3. The lowest BCUT2D eigenvalue weighted by Crippen LogP contribution is -1.96. The molecular weight excluding hydrogens is 420 g/mol. The summed E-state index contributed by atoms with van der Waals surface area (Å²) in [5.74, 6) is 2.16. The predicted octanol–water partition coefficient (Wildman–Crippen LogP) is 4.72. The van der Waals surface area contributed by atoms with Crippen molar-refractivity contribution in [1.29, 1.82) is 0 Å². The van der Waals surface area contributed by atoms with Crippen molar-refractivity contribution in [2.75, 3.05) is 0 Å². The second-order valence-corrected chi connectivity index (χ2v) is 7.55. The fraction of sp³-hybridized carbons (Fsp3) is 0.100. The molecule has 0 radical (unpaired) electrons. The number of benzene rings is 2. The first-order chi connectivity index (χ1) is 15.0. The molecule has 31 heavy (non-hydrogen) atoms. The van der Waals surface area contributed by atoms with Gasteiger partial charge in [0.2, 0.25) is 0 Å². The first-order valence-corrected chi connectivity index (χ1v) is 10.3. The summed E-state index contributed by atoms with van der Waals surface area (Å²) < 4.78 is 0. The summed E-state index contributed by atoms with van der Waals surface area (Å²) in [4.78, 5) is 36.1. The van der Waals surface area contributed by atoms with E-state index in [4.69, 9.17) is 0 Å². The van der Waals surface area contributed by atoms with Gasteiger partial charge in [-0.3, -0.25) is 20.2 Å². The number of aromatic amines is 2. The first-order valence-electron chi connectivity index (χ1n) is 9.15. The molecule has 4 aromatic rings. The fourth-order valence-electron chi connectivity index (χ4n) is 3.18. The van der Waals surface area contributed by atoms with Crippen LogP contribution in [0.4, 0.5) is 11.4 Å². The van der Waals surface area contributed by atoms with Gasteiger partial charge in [-0.1, -0.05) is 0 Å². The SMILES string of the molecule is O=[N+]([O-])c1ccc(-c2ncc[nH]2)c(CSCc2cc([N+](=O)[O-])ccc2-c2ncc[nH]2)c1. The van der Waals surface area contributed by atoms with Crippen LogP contribution in [0.5, 0.6) is 0 Å². The Bertz CT molecular complexity index is 1130. The number of thioether (sulfide) groups is 1. The molecule has 11 heteroatoms. The highest BCUT2D eigenvalue weighted by molar-refractivity contribution is 7.97. The van der Waals surface area contributed by atoms with Crippen molar-refractivity contribution in [2.24, 2.45) is 0 Å². The van der Waals surface area contributed by atoms with Crippen molar-refractivity contribution in [3.8, 4) is 22.8 Å². The number of hydrogen-bond acceptors (Lipinski definition) is 7. The van der Waals surface area contributed by atoms with Gasteiger partial charge in [-0.25, -0.2) is 9.97 Å². The maximum absolute atomic E-state index is 11.2. The number of nitrogens with one attached hydrogen (secondary N) is 2. The van der Waals surface area contributed by atoms with E-state index >= 15 is 0 Å². The number of rotatable bonds is 8. The van der Waals surface area contributed by atoms with Crippen LogP contribution >= 0.6 is 11.8 Å². The number of imidazole rings is 2. The van der Waals surface area contributed by atoms with Gasteiger partial charge in [-0.05, 0) is 23.3 Å². The Kier molecular flexibility index (Phi) is 5.76. The van der Waals surface area contributed by atoms with Crippen LogP contribution in [0, 0.1) is 20.2 Å². The fourth-order valence-corrected chi connectivity index (χ4v) is 4.20. The summed E-state index contributed by atoms with van der Waals surface area (Å²) >= 11 is 1.49. The van der Waals surface area contributed by atoms with Crippen LogP contribution in [0.3, 0.4) is 0 Å². The van der Waals surface area contributed by atoms with Gasteiger partial charge in [-0.15, -0.1) is 0 Å². The summed E-state index contributed by atoms with van der Waals surface area (Å²) in [6, 6.07) is 9.31. The monoisotopic (exact) mass is 436 g/mol. The summed E-state index contributed by atoms with van der Waals surface area (Å²) in [5.41, 5.74) is 3.04. The highest BCUT2D eigenvalue weighted by Crippen LogP contribution is 2.32. The van der Waals surface area contributed by atoms with Gasteiger partial charge in [0.05, 0.1) is 9.85 Å². The van der Waals surface area contributed by atoms with E-state index in [0.717, 1.165) is 22.3 Å². The summed E-state index contributed by atoms with van der Waals surface area (Å²) in [6.07, 6.45) is 6.61. The smallest absolute Gasteiger partial charge is 0.269 e. The van der Waals surface area contributed by atoms with E-state index in [9.17, 15) is 20.2 Å². The molecule has 0 amide bonds. The lowest BCUT2D eigenvalue weighted by molar-refractivity contribution is -0.385. The summed E-state index contributed by atoms with van der Waals surface area (Å²) in [7, 11) is 0. The Morgan fingerprint density at radius 3 is 1.58 bits per heavy atom. The van der Waals surface area contributed by atoms with Crippen LogP contribution in [0.1, 0.15) is 11.1 Å². The Hall–Kier alpha value is -3.99. The summed E-state index contributed by atoms with van der Waals surface area (Å²) in [5, 5.41) is 22.4. The molecule has 2 heterocycles. The van der Waals surface area contributed by atoms with Gasteiger partial charge in [0.1, 0.15) is 11.6 Å². The van der Waals surface area contributed by atoms with E-state index in [2.05, 4.69) is 19.9 Å². The lowest BCUT2D eigenvalue weighted by atomic mass is 10.1. The molecule has 0 unspecified atom stereocenters. The standard InChI is InChI=1S/C20H16N6O4S/c27-25(28)15-1-3-17(19-21-5-6-22-19)13(9-15)11-31-12-14-10-16(26(29)30)2-4-18(14)20-23-7-8-24-20/h1-10H,11-12H2,(H,21,22)(H,23,24). The number of non-ortho nitro benzene ring substituents is 2. The minimum Gasteiger partial charge on any atom is -0.345 e. The minimum absolute atomic E-state index is 0.00229. The zero-order valence-corrected chi connectivity index (χ0v) is 16.8. The molecule has 2 aromatic heterocycles. The van der Waals surface area contributed by atoms with Gasteiger partial charge < -0.3 is 9.97 Å². The van der Waals surface area contributed by atoms with Gasteiger partial charge >= 0.3 is 0 Å². The number of aromatic nitrogens is 4. The van der Waals surface area contributed by atoms with Crippen LogP contribution in [-0.2, 0) is 11.5 Å². The van der Waals surface area contributed by atoms with Crippen molar-refractivity contribution < 1.29 is 9.85 Å². The Morgan fingerprint density at radius 1 is 0.774 bits per heavy atom. The molecular formula is C20H16N6O4S. The Balaban J connectivity index is 1.61. The van der Waals surface area contributed by atoms with E-state index in [1.165, 1.54) is 36.0 Å². The Morgan fingerprint density at radius 2 is 1.23 bits per heavy atom. The quantitative estimate of drug-likeness (QED) is 0.300. The number of H-pyrrole nitrogens is 2. The molecule has 2 aromatic carbocycles. The molecule has 0 saturated carbocycles. The zero-order chi connectivity index (χ0) is 21.8. The van der Waals surface area contributed by atoms with Crippen molar-refractivity contribution in [1.82, 2.24) is 19.9 Å². The number of nitrogens with zero attached hydrogens (tertiary/aromatic N) is 4. The van der Waals surface area contributed by atoms with Crippen molar-refractivity contribution in [2.45, 2.75) is 11.5 Å². The topological polar surface area (TPSA) is 144 Å². The molecule has 0 aliphatic carbocycles. The van der Waals surface area contributed by atoms with Gasteiger partial charge in [0.15, 0.2) is 0 Å². The lowest BCUT2D eigenvalue weighted by Gasteiger charge is -2.10. The average Bonchev–Trinajstić information content (AvgIpc) is 3.48. The molecule has 2 N–H and O–H groups in total. The molecule has 0 aliphatic rings. The minimum atomic E-state index is -0.435. The van der Waals surface area contributed by atoms with E-state index in [-0.39, 0.29) is 11.4 Å². The van der Waals surface area contributed by atoms with Gasteiger partial charge in [-0.2, -0.15) is 11.8 Å². The van der Waals surface area contributed by atoms with Crippen LogP contribution in [0.2, 0.25) is 0 Å². The molecule has 0 saturated heterocycles. The van der Waals surface area contributed by atoms with Gasteiger partial charge in [0, 0.05) is 71.7 Å². The number of hydrogen-bond donors (Lipinski definition) is 2. The maximum atomic E-state index is 11.2. The number of nitro groups is 2. The molecule has 0 atom stereocenters. The van der Waals surface area contributed by atoms with E-state index in [1.54, 1.807) is 36.9 Å². The van der Waals surface area contributed by atoms with Crippen molar-refractivity contribution in [3.05, 3.63) is 92.5 Å². The second kappa shape index (κ2) is 8.79. The third kappa shape index (κ3) is 4.46. The van der Waals surface area contributed by atoms with Crippen LogP contribution in [0.15, 0.2) is 61.2 Å². The molecule has 0 bridgehead atoms. The summed E-state index contributed by atoms with van der Waals surface area (Å²) in [6.45, 7) is 0. The van der Waals surface area contributed by atoms with E-state index < -0.39 is 9.85 Å². The van der Waals surface area contributed by atoms with Gasteiger partial charge in [0.25, 0.3) is 11.4 Å². The normalized spacial score (nSPS) is 10.8. The third-order valence-electron chi connectivity index (χ3n) is 4.62. The van der Waals surface area contributed by atoms with Crippen molar-refractivity contribution >= 4 is 23.1 Å².